The van der Waals surface area contributed by atoms with Gasteiger partial charge < -0.3 is 4.90 Å². The fourth-order valence-corrected chi connectivity index (χ4v) is 5.33. The molecule has 0 radical (unpaired) electrons. The van der Waals surface area contributed by atoms with E-state index in [1.807, 2.05) is 42.8 Å². The fraction of sp³-hybridized carbons (Fsp3) is 0.267. The zero-order valence-electron chi connectivity index (χ0n) is 22.9. The van der Waals surface area contributed by atoms with E-state index < -0.39 is 0 Å². The Labute approximate surface area is 231 Å². The third-order valence-corrected chi connectivity index (χ3v) is 7.62. The molecule has 0 amide bonds. The Morgan fingerprint density at radius 1 is 0.825 bits per heavy atom. The normalized spacial score (nSPS) is 14.9. The molecular formula is C30H30N10. The second-order valence-corrected chi connectivity index (χ2v) is 10.5. The molecule has 0 unspecified atom stereocenters. The van der Waals surface area contributed by atoms with Crippen molar-refractivity contribution in [2.24, 2.45) is 0 Å². The molecule has 0 aliphatic carbocycles. The highest BCUT2D eigenvalue weighted by atomic mass is 15.5. The highest BCUT2D eigenvalue weighted by molar-refractivity contribution is 5.92. The van der Waals surface area contributed by atoms with Crippen molar-refractivity contribution in [3.8, 4) is 28.2 Å². The van der Waals surface area contributed by atoms with Crippen molar-refractivity contribution in [2.45, 2.75) is 20.4 Å². The Hall–Kier alpha value is -4.54. The minimum atomic E-state index is 0.616. The monoisotopic (exact) mass is 530 g/mol. The number of piperazine rings is 1. The number of benzene rings is 1. The van der Waals surface area contributed by atoms with E-state index in [2.05, 4.69) is 62.4 Å². The maximum atomic E-state index is 4.96. The molecule has 1 fully saturated rings. The largest absolute Gasteiger partial charge is 0.304 e. The lowest BCUT2D eigenvalue weighted by Crippen LogP contribution is -2.43. The minimum Gasteiger partial charge on any atom is -0.304 e. The number of fused-ring (bicyclic) bond motifs is 2. The van der Waals surface area contributed by atoms with Gasteiger partial charge >= 0.3 is 0 Å². The van der Waals surface area contributed by atoms with E-state index in [4.69, 9.17) is 15.1 Å². The van der Waals surface area contributed by atoms with Gasteiger partial charge in [-0.25, -0.2) is 19.5 Å². The van der Waals surface area contributed by atoms with Gasteiger partial charge in [-0.1, -0.05) is 24.3 Å². The summed E-state index contributed by atoms with van der Waals surface area (Å²) in [4.78, 5) is 20.4. The number of likely N-dealkylation sites (N-methyl/N-ethyl adjacent to an activating group) is 1. The number of hydrogen-bond acceptors (Lipinski definition) is 8. The number of aromatic nitrogens is 8. The summed E-state index contributed by atoms with van der Waals surface area (Å²) in [7, 11) is 2.19. The molecule has 6 heterocycles. The molecule has 1 aliphatic heterocycles. The van der Waals surface area contributed by atoms with Crippen LogP contribution < -0.4 is 0 Å². The molecule has 10 heteroatoms. The van der Waals surface area contributed by atoms with E-state index in [1.54, 1.807) is 12.4 Å². The molecule has 0 N–H and O–H groups in total. The van der Waals surface area contributed by atoms with E-state index in [0.29, 0.717) is 11.5 Å². The third kappa shape index (κ3) is 4.51. The van der Waals surface area contributed by atoms with Gasteiger partial charge in [0.05, 0.1) is 29.5 Å². The van der Waals surface area contributed by atoms with Crippen molar-refractivity contribution in [3.05, 3.63) is 84.1 Å². The Bertz CT molecular complexity index is 1830. The maximum Gasteiger partial charge on any atom is 0.176 e. The second-order valence-electron chi connectivity index (χ2n) is 10.5. The summed E-state index contributed by atoms with van der Waals surface area (Å²) in [6, 6.07) is 16.9. The summed E-state index contributed by atoms with van der Waals surface area (Å²) in [5.41, 5.74) is 8.61. The lowest BCUT2D eigenvalue weighted by Gasteiger charge is -2.32. The number of imidazole rings is 1. The Morgan fingerprint density at radius 2 is 1.65 bits per heavy atom. The van der Waals surface area contributed by atoms with Crippen LogP contribution in [0.15, 0.2) is 67.1 Å². The Morgan fingerprint density at radius 3 is 2.42 bits per heavy atom. The molecule has 7 rings (SSSR count). The van der Waals surface area contributed by atoms with Crippen LogP contribution in [0.2, 0.25) is 0 Å². The number of hydrogen-bond donors (Lipinski definition) is 0. The molecule has 0 atom stereocenters. The predicted octanol–water partition coefficient (Wildman–Crippen LogP) is 3.95. The predicted molar refractivity (Wildman–Crippen MR) is 154 cm³/mol. The van der Waals surface area contributed by atoms with Crippen molar-refractivity contribution < 1.29 is 0 Å². The average molecular weight is 531 g/mol. The van der Waals surface area contributed by atoms with E-state index in [9.17, 15) is 0 Å². The van der Waals surface area contributed by atoms with Crippen LogP contribution in [-0.2, 0) is 6.54 Å². The minimum absolute atomic E-state index is 0.616. The van der Waals surface area contributed by atoms with Gasteiger partial charge in [-0.15, -0.1) is 4.80 Å². The van der Waals surface area contributed by atoms with Crippen LogP contribution in [0, 0.1) is 13.8 Å². The first kappa shape index (κ1) is 24.5. The molecule has 0 saturated carbocycles. The van der Waals surface area contributed by atoms with E-state index >= 15 is 0 Å². The molecule has 10 nitrogen and oxygen atoms in total. The second kappa shape index (κ2) is 9.89. The summed E-state index contributed by atoms with van der Waals surface area (Å²) in [6.45, 7) is 9.43. The van der Waals surface area contributed by atoms with Gasteiger partial charge in [-0.05, 0) is 56.3 Å². The average Bonchev–Trinajstić information content (AvgIpc) is 3.59. The van der Waals surface area contributed by atoms with E-state index in [-0.39, 0.29) is 0 Å². The first-order chi connectivity index (χ1) is 19.5. The smallest absolute Gasteiger partial charge is 0.176 e. The van der Waals surface area contributed by atoms with Crippen molar-refractivity contribution >= 4 is 16.7 Å². The molecular weight excluding hydrogens is 500 g/mol. The van der Waals surface area contributed by atoms with Gasteiger partial charge in [0, 0.05) is 55.4 Å². The molecule has 200 valence electrons. The third-order valence-electron chi connectivity index (χ3n) is 7.62. The van der Waals surface area contributed by atoms with Gasteiger partial charge in [-0.2, -0.15) is 15.3 Å². The SMILES string of the molecule is Cc1cnn(-c2ccc3c(-c4cnc5cc(-c6ccc(CN7CCN(C)CC7)cc6)c(C)nn45)ccnc3n2)n1. The summed E-state index contributed by atoms with van der Waals surface area (Å²) < 4.78 is 1.90. The maximum absolute atomic E-state index is 4.96. The Kier molecular flexibility index (Phi) is 6.06. The van der Waals surface area contributed by atoms with Gasteiger partial charge in [0.1, 0.15) is 0 Å². The van der Waals surface area contributed by atoms with Crippen LogP contribution in [0.4, 0.5) is 0 Å². The number of rotatable bonds is 5. The lowest BCUT2D eigenvalue weighted by atomic mass is 10.0. The highest BCUT2D eigenvalue weighted by Gasteiger charge is 2.17. The van der Waals surface area contributed by atoms with Crippen LogP contribution in [0.25, 0.3) is 44.9 Å². The number of pyridine rings is 2. The topological polar surface area (TPSA) is 93.2 Å². The van der Waals surface area contributed by atoms with Crippen molar-refractivity contribution in [3.63, 3.8) is 0 Å². The van der Waals surface area contributed by atoms with Gasteiger partial charge in [0.25, 0.3) is 0 Å². The molecule has 0 bridgehead atoms. The summed E-state index contributed by atoms with van der Waals surface area (Å²) >= 11 is 0. The number of nitrogens with zero attached hydrogens (tertiary/aromatic N) is 10. The molecule has 6 aromatic rings. The summed E-state index contributed by atoms with van der Waals surface area (Å²) in [5.74, 6) is 0.622. The molecule has 5 aromatic heterocycles. The number of aryl methyl sites for hydroxylation is 2. The van der Waals surface area contributed by atoms with Crippen LogP contribution in [-0.4, -0.2) is 82.6 Å². The zero-order valence-corrected chi connectivity index (χ0v) is 22.9. The van der Waals surface area contributed by atoms with E-state index in [1.165, 1.54) is 10.4 Å². The van der Waals surface area contributed by atoms with Gasteiger partial charge in [-0.3, -0.25) is 4.90 Å². The van der Waals surface area contributed by atoms with Crippen LogP contribution >= 0.6 is 0 Å². The van der Waals surface area contributed by atoms with Gasteiger partial charge in [0.15, 0.2) is 17.1 Å². The fourth-order valence-electron chi connectivity index (χ4n) is 5.33. The molecule has 1 saturated heterocycles. The molecule has 1 aromatic carbocycles. The van der Waals surface area contributed by atoms with Crippen molar-refractivity contribution in [2.75, 3.05) is 33.2 Å². The van der Waals surface area contributed by atoms with Crippen molar-refractivity contribution in [1.82, 2.24) is 49.4 Å². The van der Waals surface area contributed by atoms with Crippen LogP contribution in [0.5, 0.6) is 0 Å². The lowest BCUT2D eigenvalue weighted by molar-refractivity contribution is 0.148. The first-order valence-electron chi connectivity index (χ1n) is 13.5. The molecule has 0 spiro atoms. The highest BCUT2D eigenvalue weighted by Crippen LogP contribution is 2.30. The summed E-state index contributed by atoms with van der Waals surface area (Å²) in [5, 5.41) is 14.5. The standard InChI is InChI=1S/C30H30N10/c1-20-17-33-40(35-20)28-9-8-25-24(10-11-31-30(25)34-28)27-18-32-29-16-26(21(2)36-39(27)29)23-6-4-22(5-7-23)19-38-14-12-37(3)13-15-38/h4-11,16-18H,12-15,19H2,1-3H3. The van der Waals surface area contributed by atoms with Crippen LogP contribution in [0.3, 0.4) is 0 Å². The summed E-state index contributed by atoms with van der Waals surface area (Å²) in [6.07, 6.45) is 5.34. The Balaban J connectivity index is 1.19. The van der Waals surface area contributed by atoms with E-state index in [0.717, 1.165) is 77.5 Å². The van der Waals surface area contributed by atoms with Crippen molar-refractivity contribution in [1.29, 1.82) is 0 Å². The molecule has 1 aliphatic rings. The quantitative estimate of drug-likeness (QED) is 0.331. The molecule has 40 heavy (non-hydrogen) atoms. The van der Waals surface area contributed by atoms with Crippen LogP contribution in [0.1, 0.15) is 17.0 Å². The van der Waals surface area contributed by atoms with Gasteiger partial charge in [0.2, 0.25) is 0 Å². The zero-order chi connectivity index (χ0) is 27.2. The first-order valence-corrected chi connectivity index (χ1v) is 13.5.